The minimum atomic E-state index is -1.78. The Labute approximate surface area is 305 Å². The lowest BCUT2D eigenvalue weighted by Gasteiger charge is -2.36. The molecule has 2 rings (SSSR count). The van der Waals surface area contributed by atoms with E-state index in [-0.39, 0.29) is 10.1 Å². The molecule has 0 saturated carbocycles. The Kier molecular flexibility index (Phi) is 20.2. The van der Waals surface area contributed by atoms with Crippen molar-refractivity contribution in [2.75, 3.05) is 7.05 Å². The van der Waals surface area contributed by atoms with Crippen LogP contribution in [0.4, 0.5) is 4.79 Å². The van der Waals surface area contributed by atoms with Crippen LogP contribution in [-0.4, -0.2) is 51.7 Å². The highest BCUT2D eigenvalue weighted by molar-refractivity contribution is 6.83. The summed E-state index contributed by atoms with van der Waals surface area (Å²) in [7, 11) is -3.48. The molecule has 0 aliphatic heterocycles. The van der Waals surface area contributed by atoms with Gasteiger partial charge in [0.2, 0.25) is 6.20 Å². The van der Waals surface area contributed by atoms with Crippen LogP contribution < -0.4 is 4.73 Å². The molecule has 0 fully saturated rings. The fourth-order valence-corrected chi connectivity index (χ4v) is 4.59. The summed E-state index contributed by atoms with van der Waals surface area (Å²) < 4.78 is 13.8. The van der Waals surface area contributed by atoms with Gasteiger partial charge in [0, 0.05) is 41.4 Å². The van der Waals surface area contributed by atoms with Gasteiger partial charge in [-0.3, -0.25) is 10.0 Å². The molecule has 9 nitrogen and oxygen atoms in total. The molecule has 0 atom stereocenters. The molecular formula is C31H52Cl4N5O4Si3+. The van der Waals surface area contributed by atoms with Gasteiger partial charge in [-0.15, -0.1) is 0 Å². The first kappa shape index (κ1) is 47.4. The van der Waals surface area contributed by atoms with Gasteiger partial charge in [0.15, 0.2) is 24.7 Å². The SMILES string of the molecule is CC(C)(C)[Si](C)(C)OCc1cc(Cl)nc(C#N)c1.CC(C)(C)[Si](C)(C)OCc1cc[n+](O)c(Cl)c1.CN(Cl)C(=O)Cl.C[Si](C)(C)C#N. The Hall–Kier alpha value is -1.72. The molecule has 0 radical (unpaired) electrons. The predicted molar refractivity (Wildman–Crippen MR) is 201 cm³/mol. The lowest BCUT2D eigenvalue weighted by Crippen LogP contribution is -2.40. The number of carbonyl (C=O) groups excluding carboxylic acids is 1. The van der Waals surface area contributed by atoms with Gasteiger partial charge in [0.1, 0.15) is 16.9 Å². The molecule has 1 N–H and O–H groups in total. The average molecular weight is 785 g/mol. The maximum atomic E-state index is 9.70. The van der Waals surface area contributed by atoms with Gasteiger partial charge in [0.25, 0.3) is 0 Å². The molecule has 0 bridgehead atoms. The van der Waals surface area contributed by atoms with Crippen molar-refractivity contribution in [2.45, 2.75) is 111 Å². The van der Waals surface area contributed by atoms with Crippen molar-refractivity contribution in [3.8, 4) is 11.8 Å². The molecule has 264 valence electrons. The third-order valence-corrected chi connectivity index (χ3v) is 17.9. The third-order valence-electron chi connectivity index (χ3n) is 7.31. The highest BCUT2D eigenvalue weighted by atomic mass is 35.5. The number of hydrogen-bond donors (Lipinski definition) is 1. The molecule has 0 saturated heterocycles. The first-order valence-electron chi connectivity index (χ1n) is 14.7. The Bertz CT molecular complexity index is 1380. The van der Waals surface area contributed by atoms with Gasteiger partial charge < -0.3 is 8.85 Å². The second-order valence-electron chi connectivity index (χ2n) is 14.7. The van der Waals surface area contributed by atoms with E-state index in [9.17, 15) is 10.0 Å². The highest BCUT2D eigenvalue weighted by Crippen LogP contribution is 2.38. The number of pyridine rings is 2. The molecule has 2 heterocycles. The van der Waals surface area contributed by atoms with E-state index >= 15 is 0 Å². The van der Waals surface area contributed by atoms with E-state index in [1.165, 1.54) is 13.2 Å². The summed E-state index contributed by atoms with van der Waals surface area (Å²) in [4.78, 5) is 13.6. The fourth-order valence-electron chi connectivity index (χ4n) is 2.25. The van der Waals surface area contributed by atoms with Gasteiger partial charge in [-0.2, -0.15) is 5.26 Å². The highest BCUT2D eigenvalue weighted by Gasteiger charge is 2.38. The Morgan fingerprint density at radius 1 is 0.915 bits per heavy atom. The quantitative estimate of drug-likeness (QED) is 0.0588. The van der Waals surface area contributed by atoms with E-state index in [1.54, 1.807) is 24.3 Å². The second kappa shape index (κ2) is 20.1. The Morgan fingerprint density at radius 3 is 1.64 bits per heavy atom. The summed E-state index contributed by atoms with van der Waals surface area (Å²) >= 11 is 21.4. The van der Waals surface area contributed by atoms with Crippen LogP contribution in [0, 0.1) is 22.3 Å². The van der Waals surface area contributed by atoms with Gasteiger partial charge in [-0.1, -0.05) is 72.8 Å². The largest absolute Gasteiger partial charge is 0.413 e. The van der Waals surface area contributed by atoms with E-state index in [1.807, 2.05) is 25.7 Å². The number of rotatable bonds is 6. The summed E-state index contributed by atoms with van der Waals surface area (Å²) in [6.45, 7) is 29.1. The van der Waals surface area contributed by atoms with E-state index in [0.717, 1.165) is 20.3 Å². The van der Waals surface area contributed by atoms with Gasteiger partial charge >= 0.3 is 10.5 Å². The summed E-state index contributed by atoms with van der Waals surface area (Å²) in [5.41, 5.74) is 4.45. The number of nitrogens with zero attached hydrogens (tertiary/aromatic N) is 5. The van der Waals surface area contributed by atoms with Crippen molar-refractivity contribution in [3.63, 3.8) is 0 Å². The van der Waals surface area contributed by atoms with E-state index < -0.39 is 30.1 Å². The monoisotopic (exact) mass is 782 g/mol. The first-order chi connectivity index (χ1) is 21.0. The summed E-state index contributed by atoms with van der Waals surface area (Å²) in [6, 6.07) is 8.98. The number of nitriles is 2. The van der Waals surface area contributed by atoms with E-state index in [2.05, 4.69) is 78.4 Å². The van der Waals surface area contributed by atoms with Crippen LogP contribution in [0.15, 0.2) is 30.5 Å². The molecule has 0 aliphatic carbocycles. The Balaban J connectivity index is 0. The molecule has 1 amide bonds. The minimum absolute atomic E-state index is 0.169. The predicted octanol–water partition coefficient (Wildman–Crippen LogP) is 10.3. The molecule has 2 aromatic heterocycles. The number of aromatic nitrogens is 2. The van der Waals surface area contributed by atoms with Crippen molar-refractivity contribution in [1.29, 1.82) is 10.5 Å². The van der Waals surface area contributed by atoms with Crippen LogP contribution in [0.1, 0.15) is 58.4 Å². The van der Waals surface area contributed by atoms with Crippen LogP contribution in [-0.2, 0) is 22.1 Å². The first-order valence-corrected chi connectivity index (χ1v) is 25.5. The van der Waals surface area contributed by atoms with Crippen LogP contribution in [0.3, 0.4) is 0 Å². The molecule has 2 aromatic rings. The van der Waals surface area contributed by atoms with Gasteiger partial charge in [-0.05, 0) is 82.7 Å². The summed E-state index contributed by atoms with van der Waals surface area (Å²) in [5.74, 6) is 0. The van der Waals surface area contributed by atoms with Crippen molar-refractivity contribution in [2.24, 2.45) is 0 Å². The molecule has 47 heavy (non-hydrogen) atoms. The average Bonchev–Trinajstić information content (AvgIpc) is 2.91. The zero-order valence-corrected chi connectivity index (χ0v) is 36.2. The van der Waals surface area contributed by atoms with Gasteiger partial charge in [-0.25, -0.2) is 14.7 Å². The van der Waals surface area contributed by atoms with Crippen LogP contribution in [0.5, 0.6) is 0 Å². The standard InChI is InChI=1S/C13H19ClN2OSi.C12H21ClNO2Si.C4H9NSi.C2H3Cl2NO/c1-13(2,3)18(4,5)17-9-10-6-11(8-15)16-12(14)7-10;1-12(2,3)17(4,5)16-9-10-6-7-14(15)11(13)8-10;1-6(2,3)4-5;1-5(4)2(3)6/h6-7H,9H2,1-5H3;6-8,15H,9H2,1-5H3;1-3H3;1H3/q;+1;;. The fraction of sp³-hybridized carbons (Fsp3) is 0.581. The molecular weight excluding hydrogens is 732 g/mol. The van der Waals surface area contributed by atoms with E-state index in [4.69, 9.17) is 66.0 Å². The zero-order chi connectivity index (χ0) is 37.6. The maximum absolute atomic E-state index is 9.70. The normalized spacial score (nSPS) is 11.7. The lowest BCUT2D eigenvalue weighted by molar-refractivity contribution is -0.903. The van der Waals surface area contributed by atoms with Crippen LogP contribution in [0.2, 0.25) is 66.2 Å². The van der Waals surface area contributed by atoms with Crippen LogP contribution in [0.25, 0.3) is 0 Å². The molecule has 0 spiro atoms. The summed E-state index contributed by atoms with van der Waals surface area (Å²) in [6.07, 6.45) is 1.52. The third kappa shape index (κ3) is 20.4. The molecule has 16 heteroatoms. The number of halogens is 4. The minimum Gasteiger partial charge on any atom is -0.413 e. The van der Waals surface area contributed by atoms with Crippen molar-refractivity contribution in [1.82, 2.24) is 9.40 Å². The smallest absolute Gasteiger partial charge is 0.330 e. The van der Waals surface area contributed by atoms with E-state index in [0.29, 0.717) is 29.2 Å². The number of carbonyl (C=O) groups is 1. The zero-order valence-electron chi connectivity index (χ0n) is 30.2. The number of amides is 1. The van der Waals surface area contributed by atoms with Crippen molar-refractivity contribution >= 4 is 76.7 Å². The van der Waals surface area contributed by atoms with Crippen LogP contribution >= 0.6 is 46.6 Å². The topological polar surface area (TPSA) is 123 Å². The summed E-state index contributed by atoms with van der Waals surface area (Å²) in [5, 5.41) is 26.6. The second-order valence-corrected chi connectivity index (χ2v) is 30.6. The van der Waals surface area contributed by atoms with Gasteiger partial charge in [0.05, 0.1) is 13.2 Å². The maximum Gasteiger partial charge on any atom is 0.330 e. The van der Waals surface area contributed by atoms with Crippen molar-refractivity contribution < 1.29 is 23.6 Å². The molecule has 0 unspecified atom stereocenters. The number of hydrogen-bond acceptors (Lipinski definition) is 7. The molecule has 0 aliphatic rings. The lowest BCUT2D eigenvalue weighted by atomic mass is 10.2. The van der Waals surface area contributed by atoms with Crippen molar-refractivity contribution in [3.05, 3.63) is 57.6 Å². The molecule has 0 aromatic carbocycles. The Morgan fingerprint density at radius 2 is 1.32 bits per heavy atom.